The highest BCUT2D eigenvalue weighted by molar-refractivity contribution is 7.33. The molecule has 1 heterocycles. The number of aryl methyl sites for hydroxylation is 1. The first kappa shape index (κ1) is 20.6. The van der Waals surface area contributed by atoms with Crippen LogP contribution in [-0.4, -0.2) is 18.3 Å². The van der Waals surface area contributed by atoms with Gasteiger partial charge in [0.15, 0.2) is 0 Å². The van der Waals surface area contributed by atoms with Crippen LogP contribution < -0.4 is 5.63 Å². The summed E-state index contributed by atoms with van der Waals surface area (Å²) in [6.45, 7) is 6.68. The topological polar surface area (TPSA) is 86.0 Å². The van der Waals surface area contributed by atoms with Crippen molar-refractivity contribution >= 4 is 30.8 Å². The molecule has 0 aliphatic rings. The lowest BCUT2D eigenvalue weighted by Gasteiger charge is -2.02. The number of aromatic hydroxyl groups is 1. The number of fused-ring (bicyclic) bond motifs is 1. The van der Waals surface area contributed by atoms with Crippen molar-refractivity contribution in [1.29, 1.82) is 0 Å². The van der Waals surface area contributed by atoms with Crippen LogP contribution in [0, 0.1) is 6.92 Å². The molecule has 0 spiro atoms. The van der Waals surface area contributed by atoms with E-state index in [1.807, 2.05) is 13.8 Å². The molecule has 8 heteroatoms. The van der Waals surface area contributed by atoms with E-state index in [2.05, 4.69) is 0 Å². The van der Waals surface area contributed by atoms with E-state index < -0.39 is 13.9 Å². The molecule has 0 saturated carbocycles. The Morgan fingerprint density at radius 1 is 1.21 bits per heavy atom. The molecule has 2 aromatic rings. The average Bonchev–Trinajstić information content (AvgIpc) is 2.56. The maximum absolute atomic E-state index is 11.2. The van der Waals surface area contributed by atoms with Crippen LogP contribution in [0.15, 0.2) is 27.4 Å². The smallest absolute Gasteiger partial charge is 0.508 e. The fraction of sp³-hybridized carbons (Fsp3) is 0.438. The van der Waals surface area contributed by atoms with Gasteiger partial charge in [-0.3, -0.25) is 0 Å². The van der Waals surface area contributed by atoms with Crippen molar-refractivity contribution in [3.05, 3.63) is 39.2 Å². The Morgan fingerprint density at radius 2 is 1.79 bits per heavy atom. The second-order valence-electron chi connectivity index (χ2n) is 4.90. The van der Waals surface area contributed by atoms with E-state index in [0.717, 1.165) is 18.2 Å². The van der Waals surface area contributed by atoms with E-state index in [9.17, 15) is 14.5 Å². The lowest BCUT2D eigenvalue weighted by Crippen LogP contribution is -2.01. The van der Waals surface area contributed by atoms with Crippen LogP contribution in [0.3, 0.4) is 0 Å². The molecule has 0 unspecified atom stereocenters. The summed E-state index contributed by atoms with van der Waals surface area (Å²) in [5.74, 6) is 0.0578. The van der Waals surface area contributed by atoms with Gasteiger partial charge in [-0.25, -0.2) is 4.79 Å². The first-order valence-electron chi connectivity index (χ1n) is 7.55. The van der Waals surface area contributed by atoms with Gasteiger partial charge in [0.1, 0.15) is 29.6 Å². The standard InChI is InChI=1S/C10H7ClO3.C6H14O3P/c1-5-7-3-2-6(12)4-8(7)14-10(13)9(5)11;1-3-5-8-10(7)9-6-4-2/h2-4,12H,1H3;3-6H2,1-2H3/q;+1. The SMILES string of the molecule is CCCO[P+](=O)OCCC.Cc1c(Cl)c(=O)oc2cc(O)ccc12. The Hall–Kier alpha value is -1.46. The minimum atomic E-state index is -1.84. The molecule has 24 heavy (non-hydrogen) atoms. The minimum Gasteiger partial charge on any atom is -0.508 e. The number of rotatable bonds is 6. The molecule has 0 amide bonds. The molecule has 0 fully saturated rings. The first-order valence-corrected chi connectivity index (χ1v) is 9.03. The molecule has 0 aliphatic carbocycles. The summed E-state index contributed by atoms with van der Waals surface area (Å²) in [7, 11) is -1.84. The van der Waals surface area contributed by atoms with Crippen molar-refractivity contribution in [2.45, 2.75) is 33.6 Å². The monoisotopic (exact) mass is 375 g/mol. The summed E-state index contributed by atoms with van der Waals surface area (Å²) < 4.78 is 25.1. The second-order valence-corrected chi connectivity index (χ2v) is 6.24. The van der Waals surface area contributed by atoms with Crippen molar-refractivity contribution in [1.82, 2.24) is 0 Å². The molecule has 0 saturated heterocycles. The van der Waals surface area contributed by atoms with Crippen LogP contribution in [0.1, 0.15) is 32.3 Å². The predicted molar refractivity (Wildman–Crippen MR) is 94.0 cm³/mol. The number of phenolic OH excluding ortho intramolecular Hbond substituents is 1. The highest BCUT2D eigenvalue weighted by Gasteiger charge is 2.17. The molecular weight excluding hydrogens is 355 g/mol. The molecule has 1 aromatic carbocycles. The lowest BCUT2D eigenvalue weighted by atomic mass is 10.1. The molecule has 0 atom stereocenters. The van der Waals surface area contributed by atoms with Gasteiger partial charge in [-0.05, 0) is 37.5 Å². The maximum Gasteiger partial charge on any atom is 0.697 e. The van der Waals surface area contributed by atoms with E-state index >= 15 is 0 Å². The van der Waals surface area contributed by atoms with Crippen LogP contribution >= 0.6 is 19.9 Å². The van der Waals surface area contributed by atoms with Crippen molar-refractivity contribution in [3.8, 4) is 5.75 Å². The van der Waals surface area contributed by atoms with E-state index in [-0.39, 0.29) is 10.8 Å². The van der Waals surface area contributed by atoms with Gasteiger partial charge in [-0.2, -0.15) is 0 Å². The Labute approximate surface area is 146 Å². The highest BCUT2D eigenvalue weighted by Crippen LogP contribution is 2.25. The van der Waals surface area contributed by atoms with E-state index in [1.54, 1.807) is 13.0 Å². The summed E-state index contributed by atoms with van der Waals surface area (Å²) in [4.78, 5) is 11.2. The zero-order valence-electron chi connectivity index (χ0n) is 13.9. The number of halogens is 1. The van der Waals surface area contributed by atoms with E-state index in [0.29, 0.717) is 24.4 Å². The summed E-state index contributed by atoms with van der Waals surface area (Å²) in [5.41, 5.74) is 0.428. The third-order valence-electron chi connectivity index (χ3n) is 2.88. The van der Waals surface area contributed by atoms with Gasteiger partial charge < -0.3 is 9.52 Å². The number of hydrogen-bond donors (Lipinski definition) is 1. The predicted octanol–water partition coefficient (Wildman–Crippen LogP) is 4.96. The minimum absolute atomic E-state index is 0.0578. The molecule has 0 aliphatic heterocycles. The Bertz CT molecular complexity index is 733. The molecule has 1 N–H and O–H groups in total. The maximum atomic E-state index is 11.2. The summed E-state index contributed by atoms with van der Waals surface area (Å²) in [6, 6.07) is 4.57. The molecule has 1 aromatic heterocycles. The Kier molecular flexibility index (Phi) is 8.93. The van der Waals surface area contributed by atoms with Crippen LogP contribution in [0.5, 0.6) is 5.75 Å². The van der Waals surface area contributed by atoms with Gasteiger partial charge in [-0.15, -0.1) is 9.05 Å². The second kappa shape index (κ2) is 10.4. The summed E-state index contributed by atoms with van der Waals surface area (Å²) in [6.07, 6.45) is 1.74. The molecular formula is C16H21ClO6P+. The summed E-state index contributed by atoms with van der Waals surface area (Å²) in [5, 5.41) is 10.0. The normalized spacial score (nSPS) is 10.3. The lowest BCUT2D eigenvalue weighted by molar-refractivity contribution is 0.226. The van der Waals surface area contributed by atoms with E-state index in [4.69, 9.17) is 25.1 Å². The van der Waals surface area contributed by atoms with Crippen molar-refractivity contribution in [2.75, 3.05) is 13.2 Å². The number of benzene rings is 1. The van der Waals surface area contributed by atoms with Crippen molar-refractivity contribution < 1.29 is 23.1 Å². The molecule has 2 rings (SSSR count). The Balaban J connectivity index is 0.000000257. The van der Waals surface area contributed by atoms with Gasteiger partial charge >= 0.3 is 13.9 Å². The third-order valence-corrected chi connectivity index (χ3v) is 4.11. The molecule has 132 valence electrons. The fourth-order valence-electron chi connectivity index (χ4n) is 1.69. The molecule has 6 nitrogen and oxygen atoms in total. The zero-order chi connectivity index (χ0) is 18.1. The van der Waals surface area contributed by atoms with Crippen molar-refractivity contribution in [2.24, 2.45) is 0 Å². The fourth-order valence-corrected chi connectivity index (χ4v) is 2.57. The van der Waals surface area contributed by atoms with Crippen LogP contribution in [0.25, 0.3) is 11.0 Å². The van der Waals surface area contributed by atoms with Crippen LogP contribution in [0.4, 0.5) is 0 Å². The number of hydrogen-bond acceptors (Lipinski definition) is 6. The molecule has 0 bridgehead atoms. The van der Waals surface area contributed by atoms with Gasteiger partial charge in [0.05, 0.1) is 0 Å². The highest BCUT2D eigenvalue weighted by atomic mass is 35.5. The van der Waals surface area contributed by atoms with E-state index in [1.165, 1.54) is 12.1 Å². The molecule has 0 radical (unpaired) electrons. The number of phenols is 1. The third kappa shape index (κ3) is 6.21. The van der Waals surface area contributed by atoms with Gasteiger partial charge in [-0.1, -0.05) is 25.4 Å². The van der Waals surface area contributed by atoms with Crippen LogP contribution in [0.2, 0.25) is 5.02 Å². The van der Waals surface area contributed by atoms with Gasteiger partial charge in [0, 0.05) is 16.0 Å². The van der Waals surface area contributed by atoms with Gasteiger partial charge in [0.2, 0.25) is 0 Å². The first-order chi connectivity index (χ1) is 11.4. The van der Waals surface area contributed by atoms with Crippen molar-refractivity contribution in [3.63, 3.8) is 0 Å². The van der Waals surface area contributed by atoms with Crippen LogP contribution in [-0.2, 0) is 13.6 Å². The Morgan fingerprint density at radius 3 is 2.33 bits per heavy atom. The largest absolute Gasteiger partial charge is 0.697 e. The average molecular weight is 376 g/mol. The zero-order valence-corrected chi connectivity index (χ0v) is 15.5. The quantitative estimate of drug-likeness (QED) is 0.567. The summed E-state index contributed by atoms with van der Waals surface area (Å²) >= 11 is 5.73. The van der Waals surface area contributed by atoms with Gasteiger partial charge in [0.25, 0.3) is 0 Å².